The van der Waals surface area contributed by atoms with Gasteiger partial charge in [0.05, 0.1) is 17.4 Å². The lowest BCUT2D eigenvalue weighted by molar-refractivity contribution is -0.148. The quantitative estimate of drug-likeness (QED) is 0.395. The van der Waals surface area contributed by atoms with Crippen LogP contribution in [0.15, 0.2) is 71.6 Å². The summed E-state index contributed by atoms with van der Waals surface area (Å²) in [6.07, 6.45) is 1.68. The van der Waals surface area contributed by atoms with Gasteiger partial charge in [-0.1, -0.05) is 56.3 Å². The SMILES string of the molecule is CCc1cccc(CC)c1NC(=O)COC(=O)C[C@H]1c2ccccc2CCN1S(=O)(=O)c1ccc(F)cc1. The Kier molecular flexibility index (Phi) is 8.58. The lowest BCUT2D eigenvalue weighted by Gasteiger charge is -2.36. The lowest BCUT2D eigenvalue weighted by Crippen LogP contribution is -2.41. The number of hydrogen-bond donors (Lipinski definition) is 1. The number of esters is 1. The van der Waals surface area contributed by atoms with Crippen LogP contribution in [0.4, 0.5) is 10.1 Å². The van der Waals surface area contributed by atoms with Crippen LogP contribution in [-0.2, 0) is 43.6 Å². The van der Waals surface area contributed by atoms with Crippen molar-refractivity contribution < 1.29 is 27.1 Å². The predicted octanol–water partition coefficient (Wildman–Crippen LogP) is 4.81. The average molecular weight is 539 g/mol. The zero-order valence-corrected chi connectivity index (χ0v) is 22.3. The molecular weight excluding hydrogens is 507 g/mol. The molecule has 1 aliphatic rings. The molecule has 0 aliphatic carbocycles. The maximum Gasteiger partial charge on any atom is 0.308 e. The van der Waals surface area contributed by atoms with E-state index >= 15 is 0 Å². The molecular formula is C29H31FN2O5S. The van der Waals surface area contributed by atoms with Gasteiger partial charge in [-0.3, -0.25) is 9.59 Å². The van der Waals surface area contributed by atoms with Gasteiger partial charge < -0.3 is 10.1 Å². The van der Waals surface area contributed by atoms with Gasteiger partial charge in [-0.05, 0) is 65.8 Å². The fraction of sp³-hybridized carbons (Fsp3) is 0.310. The van der Waals surface area contributed by atoms with Gasteiger partial charge in [0, 0.05) is 12.2 Å². The highest BCUT2D eigenvalue weighted by Crippen LogP contribution is 2.36. The minimum atomic E-state index is -4.02. The molecule has 1 atom stereocenters. The van der Waals surface area contributed by atoms with Crippen molar-refractivity contribution in [3.8, 4) is 0 Å². The Hall–Kier alpha value is -3.56. The number of amides is 1. The van der Waals surface area contributed by atoms with Gasteiger partial charge in [-0.25, -0.2) is 12.8 Å². The average Bonchev–Trinajstić information content (AvgIpc) is 2.92. The van der Waals surface area contributed by atoms with E-state index in [1.165, 1.54) is 16.4 Å². The van der Waals surface area contributed by atoms with Crippen molar-refractivity contribution in [3.05, 3.63) is 94.8 Å². The number of anilines is 1. The van der Waals surface area contributed by atoms with Crippen molar-refractivity contribution in [3.63, 3.8) is 0 Å². The molecule has 200 valence electrons. The first-order valence-corrected chi connectivity index (χ1v) is 14.1. The van der Waals surface area contributed by atoms with Gasteiger partial charge >= 0.3 is 5.97 Å². The Bertz CT molecular complexity index is 1400. The molecule has 9 heteroatoms. The van der Waals surface area contributed by atoms with Crippen LogP contribution in [0, 0.1) is 5.82 Å². The number of para-hydroxylation sites is 1. The Balaban J connectivity index is 1.50. The molecule has 0 bridgehead atoms. The highest BCUT2D eigenvalue weighted by Gasteiger charge is 2.38. The molecule has 1 heterocycles. The van der Waals surface area contributed by atoms with Gasteiger partial charge in [0.1, 0.15) is 5.82 Å². The van der Waals surface area contributed by atoms with Crippen LogP contribution in [0.3, 0.4) is 0 Å². The summed E-state index contributed by atoms with van der Waals surface area (Å²) in [5.74, 6) is -1.70. The largest absolute Gasteiger partial charge is 0.456 e. The number of nitrogens with zero attached hydrogens (tertiary/aromatic N) is 1. The van der Waals surface area contributed by atoms with E-state index in [1.807, 2.05) is 44.2 Å². The standard InChI is InChI=1S/C29H31FN2O5S/c1-3-20-9-7-10-21(4-2)29(20)31-27(33)19-37-28(34)18-26-25-11-6-5-8-22(25)16-17-32(26)38(35,36)24-14-12-23(30)13-15-24/h5-15,26H,3-4,16-19H2,1-2H3,(H,31,33)/t26-/m0/s1. The summed E-state index contributed by atoms with van der Waals surface area (Å²) in [6.45, 7) is 3.66. The number of carbonyl (C=O) groups is 2. The van der Waals surface area contributed by atoms with E-state index < -0.39 is 40.4 Å². The van der Waals surface area contributed by atoms with Crippen LogP contribution in [0.1, 0.15) is 48.6 Å². The molecule has 0 fully saturated rings. The minimum Gasteiger partial charge on any atom is -0.456 e. The number of ether oxygens (including phenoxy) is 1. The molecule has 3 aromatic carbocycles. The van der Waals surface area contributed by atoms with E-state index in [0.717, 1.165) is 47.4 Å². The van der Waals surface area contributed by atoms with E-state index in [9.17, 15) is 22.4 Å². The summed E-state index contributed by atoms with van der Waals surface area (Å²) < 4.78 is 46.9. The molecule has 3 aromatic rings. The van der Waals surface area contributed by atoms with E-state index in [4.69, 9.17) is 4.74 Å². The molecule has 0 radical (unpaired) electrons. The van der Waals surface area contributed by atoms with E-state index in [2.05, 4.69) is 5.32 Å². The smallest absolute Gasteiger partial charge is 0.308 e. The van der Waals surface area contributed by atoms with Crippen molar-refractivity contribution in [1.29, 1.82) is 0 Å². The van der Waals surface area contributed by atoms with Crippen molar-refractivity contribution in [2.75, 3.05) is 18.5 Å². The van der Waals surface area contributed by atoms with Crippen molar-refractivity contribution in [1.82, 2.24) is 4.31 Å². The number of nitrogens with one attached hydrogen (secondary N) is 1. The molecule has 0 aromatic heterocycles. The lowest BCUT2D eigenvalue weighted by atomic mass is 9.92. The van der Waals surface area contributed by atoms with Gasteiger partial charge in [0.15, 0.2) is 6.61 Å². The molecule has 4 rings (SSSR count). The first-order chi connectivity index (χ1) is 18.2. The molecule has 0 spiro atoms. The summed E-state index contributed by atoms with van der Waals surface area (Å²) in [5.41, 5.74) is 4.36. The molecule has 0 saturated heterocycles. The summed E-state index contributed by atoms with van der Waals surface area (Å²) >= 11 is 0. The van der Waals surface area contributed by atoms with Crippen LogP contribution in [0.25, 0.3) is 0 Å². The highest BCUT2D eigenvalue weighted by atomic mass is 32.2. The fourth-order valence-electron chi connectivity index (χ4n) is 4.81. The van der Waals surface area contributed by atoms with Gasteiger partial charge in [0.25, 0.3) is 5.91 Å². The Labute approximate surface area is 222 Å². The normalized spacial score (nSPS) is 15.5. The van der Waals surface area contributed by atoms with Crippen LogP contribution in [0.5, 0.6) is 0 Å². The van der Waals surface area contributed by atoms with E-state index in [0.29, 0.717) is 12.0 Å². The molecule has 1 N–H and O–H groups in total. The number of rotatable bonds is 9. The van der Waals surface area contributed by atoms with Gasteiger partial charge in [-0.15, -0.1) is 0 Å². The minimum absolute atomic E-state index is 0.0580. The number of halogens is 1. The van der Waals surface area contributed by atoms with E-state index in [1.54, 1.807) is 12.1 Å². The number of hydrogen-bond acceptors (Lipinski definition) is 5. The predicted molar refractivity (Wildman–Crippen MR) is 143 cm³/mol. The van der Waals surface area contributed by atoms with Crippen LogP contribution in [0.2, 0.25) is 0 Å². The number of sulfonamides is 1. The fourth-order valence-corrected chi connectivity index (χ4v) is 6.42. The Morgan fingerprint density at radius 1 is 0.974 bits per heavy atom. The third kappa shape index (κ3) is 5.95. The highest BCUT2D eigenvalue weighted by molar-refractivity contribution is 7.89. The summed E-state index contributed by atoms with van der Waals surface area (Å²) in [7, 11) is -4.02. The number of carbonyl (C=O) groups excluding carboxylic acids is 2. The number of aryl methyl sites for hydroxylation is 2. The molecule has 1 amide bonds. The maximum absolute atomic E-state index is 13.5. The van der Waals surface area contributed by atoms with Gasteiger partial charge in [-0.2, -0.15) is 4.31 Å². The Morgan fingerprint density at radius 3 is 2.29 bits per heavy atom. The Morgan fingerprint density at radius 2 is 1.63 bits per heavy atom. The van der Waals surface area contributed by atoms with Crippen molar-refractivity contribution in [2.45, 2.75) is 50.5 Å². The third-order valence-corrected chi connectivity index (χ3v) is 8.69. The second kappa shape index (κ2) is 11.9. The summed E-state index contributed by atoms with van der Waals surface area (Å²) in [5, 5.41) is 2.86. The van der Waals surface area contributed by atoms with E-state index in [-0.39, 0.29) is 17.9 Å². The zero-order chi connectivity index (χ0) is 27.3. The second-order valence-electron chi connectivity index (χ2n) is 9.11. The van der Waals surface area contributed by atoms with Crippen LogP contribution >= 0.6 is 0 Å². The first kappa shape index (κ1) is 27.5. The van der Waals surface area contributed by atoms with Crippen LogP contribution in [-0.4, -0.2) is 37.8 Å². The van der Waals surface area contributed by atoms with Crippen LogP contribution < -0.4 is 5.32 Å². The number of benzene rings is 3. The van der Waals surface area contributed by atoms with Crippen molar-refractivity contribution in [2.24, 2.45) is 0 Å². The molecule has 0 unspecified atom stereocenters. The third-order valence-electron chi connectivity index (χ3n) is 6.77. The topological polar surface area (TPSA) is 92.8 Å². The molecule has 7 nitrogen and oxygen atoms in total. The summed E-state index contributed by atoms with van der Waals surface area (Å²) in [6, 6.07) is 17.0. The van der Waals surface area contributed by atoms with Crippen molar-refractivity contribution >= 4 is 27.6 Å². The molecule has 0 saturated carbocycles. The maximum atomic E-state index is 13.5. The second-order valence-corrected chi connectivity index (χ2v) is 11.0. The molecule has 1 aliphatic heterocycles. The van der Waals surface area contributed by atoms with Gasteiger partial charge in [0.2, 0.25) is 10.0 Å². The zero-order valence-electron chi connectivity index (χ0n) is 21.4. The number of fused-ring (bicyclic) bond motifs is 1. The monoisotopic (exact) mass is 538 g/mol. The summed E-state index contributed by atoms with van der Waals surface area (Å²) in [4.78, 5) is 25.5. The first-order valence-electron chi connectivity index (χ1n) is 12.7. The molecule has 38 heavy (non-hydrogen) atoms.